The fraction of sp³-hybridized carbons (Fsp3) is 0.188. The van der Waals surface area contributed by atoms with Crippen molar-refractivity contribution >= 4 is 51.9 Å². The summed E-state index contributed by atoms with van der Waals surface area (Å²) >= 11 is 5.88. The van der Waals surface area contributed by atoms with Crippen LogP contribution in [0.4, 0.5) is 5.69 Å². The Bertz CT molecular complexity index is 1660. The number of carbonyl (C=O) groups is 3. The van der Waals surface area contributed by atoms with Crippen molar-refractivity contribution in [1.82, 2.24) is 10.3 Å². The van der Waals surface area contributed by atoms with Gasteiger partial charge in [-0.15, -0.1) is 0 Å². The normalized spacial score (nSPS) is 13.4. The van der Waals surface area contributed by atoms with E-state index in [0.717, 1.165) is 22.0 Å². The molecule has 0 radical (unpaired) electrons. The number of fused-ring (bicyclic) bond motifs is 1. The number of nitrogens with zero attached hydrogens (tertiary/aromatic N) is 3. The number of carbonyl (C=O) groups excluding carboxylic acids is 3. The Kier molecular flexibility index (Phi) is 8.68. The van der Waals surface area contributed by atoms with Crippen molar-refractivity contribution in [2.45, 2.75) is 6.92 Å². The fourth-order valence-electron chi connectivity index (χ4n) is 4.76. The van der Waals surface area contributed by atoms with Crippen molar-refractivity contribution in [2.75, 3.05) is 37.7 Å². The molecule has 0 spiro atoms. The summed E-state index contributed by atoms with van der Waals surface area (Å²) in [5, 5.41) is 15.3. The van der Waals surface area contributed by atoms with Crippen LogP contribution >= 0.6 is 11.6 Å². The second-order valence-corrected chi connectivity index (χ2v) is 10.2. The van der Waals surface area contributed by atoms with Crippen LogP contribution in [0.5, 0.6) is 11.5 Å². The zero-order valence-corrected chi connectivity index (χ0v) is 23.7. The van der Waals surface area contributed by atoms with E-state index in [4.69, 9.17) is 16.3 Å². The van der Waals surface area contributed by atoms with Gasteiger partial charge >= 0.3 is 0 Å². The lowest BCUT2D eigenvalue weighted by Crippen LogP contribution is -2.50. The van der Waals surface area contributed by atoms with E-state index >= 15 is 0 Å². The van der Waals surface area contributed by atoms with Gasteiger partial charge in [0.05, 0.1) is 11.2 Å². The summed E-state index contributed by atoms with van der Waals surface area (Å²) in [6, 6.07) is 22.9. The highest BCUT2D eigenvalue weighted by molar-refractivity contribution is 6.32. The highest BCUT2D eigenvalue weighted by Gasteiger charge is 2.22. The van der Waals surface area contributed by atoms with Gasteiger partial charge in [0.25, 0.3) is 11.8 Å². The maximum Gasteiger partial charge on any atom is 0.271 e. The fourth-order valence-corrected chi connectivity index (χ4v) is 4.94. The lowest BCUT2D eigenvalue weighted by atomic mass is 10.0. The molecule has 2 amide bonds. The van der Waals surface area contributed by atoms with Gasteiger partial charge < -0.3 is 19.6 Å². The molecule has 4 aromatic rings. The molecule has 1 aliphatic heterocycles. The van der Waals surface area contributed by atoms with Crippen LogP contribution in [-0.4, -0.2) is 66.6 Å². The Morgan fingerprint density at radius 3 is 2.31 bits per heavy atom. The number of phenols is 1. The Morgan fingerprint density at radius 2 is 1.62 bits per heavy atom. The average molecular weight is 585 g/mol. The van der Waals surface area contributed by atoms with Crippen LogP contribution in [0.1, 0.15) is 33.2 Å². The Hall–Kier alpha value is -4.89. The number of amides is 2. The number of ether oxygens (including phenoxy) is 1. The van der Waals surface area contributed by atoms with Gasteiger partial charge in [0.2, 0.25) is 0 Å². The van der Waals surface area contributed by atoms with Gasteiger partial charge in [-0.25, -0.2) is 5.43 Å². The van der Waals surface area contributed by atoms with Crippen molar-refractivity contribution in [3.8, 4) is 11.5 Å². The van der Waals surface area contributed by atoms with Crippen molar-refractivity contribution in [2.24, 2.45) is 5.10 Å². The first-order valence-corrected chi connectivity index (χ1v) is 13.8. The van der Waals surface area contributed by atoms with Crippen LogP contribution in [0, 0.1) is 0 Å². The number of aromatic hydroxyl groups is 1. The van der Waals surface area contributed by atoms with Crippen LogP contribution in [0.15, 0.2) is 84.0 Å². The van der Waals surface area contributed by atoms with Crippen LogP contribution < -0.4 is 15.1 Å². The van der Waals surface area contributed by atoms with E-state index in [0.29, 0.717) is 37.5 Å². The number of hydrogen-bond acceptors (Lipinski definition) is 7. The molecule has 9 nitrogen and oxygen atoms in total. The standard InChI is InChI=1S/C32H29ClN4O5/c1-21(38)22-6-10-25(11-7-22)36-14-16-37(17-15-36)31(40)20-42-30-13-9-24(26-4-2-3-5-27(26)30)19-34-35-32(41)23-8-12-29(39)28(33)18-23/h2-13,18-19,39H,14-17,20H2,1H3,(H,35,41). The van der Waals surface area contributed by atoms with E-state index < -0.39 is 5.91 Å². The first-order chi connectivity index (χ1) is 20.3. The van der Waals surface area contributed by atoms with Crippen LogP contribution in [0.2, 0.25) is 5.02 Å². The summed E-state index contributed by atoms with van der Waals surface area (Å²) in [7, 11) is 0. The molecule has 4 aromatic carbocycles. The summed E-state index contributed by atoms with van der Waals surface area (Å²) < 4.78 is 5.97. The van der Waals surface area contributed by atoms with Crippen molar-refractivity contribution in [1.29, 1.82) is 0 Å². The maximum absolute atomic E-state index is 13.0. The molecule has 1 aliphatic rings. The molecule has 0 aliphatic carbocycles. The van der Waals surface area contributed by atoms with Gasteiger partial charge in [-0.1, -0.05) is 35.9 Å². The molecule has 0 aromatic heterocycles. The summed E-state index contributed by atoms with van der Waals surface area (Å²) in [5.74, 6) is -0.0585. The minimum Gasteiger partial charge on any atom is -0.506 e. The predicted molar refractivity (Wildman–Crippen MR) is 163 cm³/mol. The monoisotopic (exact) mass is 584 g/mol. The molecule has 214 valence electrons. The molecular formula is C32H29ClN4O5. The highest BCUT2D eigenvalue weighted by atomic mass is 35.5. The van der Waals surface area contributed by atoms with Crippen LogP contribution in [-0.2, 0) is 4.79 Å². The molecule has 42 heavy (non-hydrogen) atoms. The summed E-state index contributed by atoms with van der Waals surface area (Å²) in [4.78, 5) is 40.9. The summed E-state index contributed by atoms with van der Waals surface area (Å²) in [5.41, 5.74) is 5.19. The molecule has 0 saturated carbocycles. The third-order valence-electron chi connectivity index (χ3n) is 7.12. The van der Waals surface area contributed by atoms with Gasteiger partial charge in [-0.2, -0.15) is 5.10 Å². The molecule has 0 bridgehead atoms. The number of rotatable bonds is 8. The van der Waals surface area contributed by atoms with E-state index in [2.05, 4.69) is 15.4 Å². The molecule has 0 atom stereocenters. The van der Waals surface area contributed by atoms with E-state index in [-0.39, 0.29) is 34.6 Å². The molecule has 1 heterocycles. The van der Waals surface area contributed by atoms with Crippen molar-refractivity contribution in [3.05, 3.63) is 101 Å². The lowest BCUT2D eigenvalue weighted by molar-refractivity contribution is -0.133. The molecule has 2 N–H and O–H groups in total. The third kappa shape index (κ3) is 6.53. The zero-order chi connectivity index (χ0) is 29.6. The highest BCUT2D eigenvalue weighted by Crippen LogP contribution is 2.28. The van der Waals surface area contributed by atoms with Crippen LogP contribution in [0.3, 0.4) is 0 Å². The number of halogens is 1. The van der Waals surface area contributed by atoms with Gasteiger partial charge in [0, 0.05) is 53.9 Å². The quantitative estimate of drug-likeness (QED) is 0.173. The van der Waals surface area contributed by atoms with Crippen molar-refractivity contribution in [3.63, 3.8) is 0 Å². The third-order valence-corrected chi connectivity index (χ3v) is 7.42. The molecular weight excluding hydrogens is 556 g/mol. The van der Waals surface area contributed by atoms with E-state index in [1.54, 1.807) is 17.9 Å². The second-order valence-electron chi connectivity index (χ2n) is 9.82. The predicted octanol–water partition coefficient (Wildman–Crippen LogP) is 4.89. The number of hydrazone groups is 1. The first-order valence-electron chi connectivity index (χ1n) is 13.4. The van der Waals surface area contributed by atoms with Crippen LogP contribution in [0.25, 0.3) is 10.8 Å². The maximum atomic E-state index is 13.0. The van der Waals surface area contributed by atoms with Gasteiger partial charge in [-0.3, -0.25) is 14.4 Å². The number of phenolic OH excluding ortho intramolecular Hbond substituents is 1. The lowest BCUT2D eigenvalue weighted by Gasteiger charge is -2.36. The number of ketones is 1. The largest absolute Gasteiger partial charge is 0.506 e. The molecule has 0 unspecified atom stereocenters. The van der Waals surface area contributed by atoms with Gasteiger partial charge in [-0.05, 0) is 66.9 Å². The minimum absolute atomic E-state index is 0.0362. The number of benzene rings is 4. The number of piperazine rings is 1. The Morgan fingerprint density at radius 1 is 0.929 bits per heavy atom. The van der Waals surface area contributed by atoms with Crippen molar-refractivity contribution < 1.29 is 24.2 Å². The molecule has 5 rings (SSSR count). The topological polar surface area (TPSA) is 112 Å². The average Bonchev–Trinajstić information content (AvgIpc) is 3.01. The van der Waals surface area contributed by atoms with E-state index in [1.807, 2.05) is 54.6 Å². The summed E-state index contributed by atoms with van der Waals surface area (Å²) in [6.45, 7) is 4.00. The van der Waals surface area contributed by atoms with E-state index in [9.17, 15) is 19.5 Å². The number of nitrogens with one attached hydrogen (secondary N) is 1. The number of Topliss-reactive ketones (excluding diaryl/α,β-unsaturated/α-hetero) is 1. The second kappa shape index (κ2) is 12.7. The van der Waals surface area contributed by atoms with Gasteiger partial charge in [0.15, 0.2) is 12.4 Å². The first kappa shape index (κ1) is 28.6. The molecule has 1 saturated heterocycles. The molecule has 10 heteroatoms. The number of anilines is 1. The minimum atomic E-state index is -0.470. The Balaban J connectivity index is 1.18. The zero-order valence-electron chi connectivity index (χ0n) is 22.9. The number of hydrogen-bond donors (Lipinski definition) is 2. The molecule has 1 fully saturated rings. The SMILES string of the molecule is CC(=O)c1ccc(N2CCN(C(=O)COc3ccc(C=NNC(=O)c4ccc(O)c(Cl)c4)c4ccccc34)CC2)cc1. The van der Waals surface area contributed by atoms with E-state index in [1.165, 1.54) is 24.4 Å². The van der Waals surface area contributed by atoms with Gasteiger partial charge in [0.1, 0.15) is 11.5 Å². The Labute approximate surface area is 248 Å². The summed E-state index contributed by atoms with van der Waals surface area (Å²) in [6.07, 6.45) is 1.53. The smallest absolute Gasteiger partial charge is 0.271 e.